The maximum absolute atomic E-state index is 11.6. The van der Waals surface area contributed by atoms with Crippen molar-refractivity contribution in [1.29, 1.82) is 0 Å². The van der Waals surface area contributed by atoms with E-state index >= 15 is 0 Å². The lowest BCUT2D eigenvalue weighted by atomic mass is 10.1. The highest BCUT2D eigenvalue weighted by atomic mass is 16.5. The molecule has 2 aromatic rings. The van der Waals surface area contributed by atoms with Crippen LogP contribution in [-0.4, -0.2) is 110 Å². The molecular formula is C29H40N2O8. The van der Waals surface area contributed by atoms with E-state index in [1.807, 2.05) is 0 Å². The van der Waals surface area contributed by atoms with Crippen LogP contribution in [0.1, 0.15) is 41.0 Å². The van der Waals surface area contributed by atoms with Crippen LogP contribution in [0.25, 0.3) is 0 Å². The largest absolute Gasteiger partial charge is 0.493 e. The summed E-state index contributed by atoms with van der Waals surface area (Å²) in [5, 5.41) is 21.2. The molecule has 2 atom stereocenters. The van der Waals surface area contributed by atoms with E-state index in [1.165, 1.54) is 28.1 Å². The molecule has 1 saturated heterocycles. The molecule has 0 amide bonds. The Kier molecular flexibility index (Phi) is 11.5. The highest BCUT2D eigenvalue weighted by Crippen LogP contribution is 2.29. The Morgan fingerprint density at radius 2 is 1.13 bits per heavy atom. The summed E-state index contributed by atoms with van der Waals surface area (Å²) < 4.78 is 22.2. The van der Waals surface area contributed by atoms with Crippen molar-refractivity contribution in [2.24, 2.45) is 0 Å². The molecule has 214 valence electrons. The SMILES string of the molecule is COc1cc(C(C)=O)ccc1OC[C@@H](O)CN1CCCN(C[C@H](O)COc2ccc(C(C)=O)cc2OC)CC1. The van der Waals surface area contributed by atoms with Gasteiger partial charge < -0.3 is 29.2 Å². The van der Waals surface area contributed by atoms with Gasteiger partial charge in [-0.2, -0.15) is 0 Å². The molecule has 3 rings (SSSR count). The van der Waals surface area contributed by atoms with Gasteiger partial charge in [0.15, 0.2) is 34.6 Å². The van der Waals surface area contributed by atoms with Gasteiger partial charge in [0.1, 0.15) is 25.4 Å². The van der Waals surface area contributed by atoms with Gasteiger partial charge in [0, 0.05) is 37.3 Å². The number of benzene rings is 2. The summed E-state index contributed by atoms with van der Waals surface area (Å²) in [6.45, 7) is 7.27. The number of rotatable bonds is 14. The van der Waals surface area contributed by atoms with Crippen molar-refractivity contribution in [3.8, 4) is 23.0 Å². The minimum atomic E-state index is -0.697. The topological polar surface area (TPSA) is 118 Å². The van der Waals surface area contributed by atoms with Crippen LogP contribution < -0.4 is 18.9 Å². The number of nitrogens with zero attached hydrogens (tertiary/aromatic N) is 2. The van der Waals surface area contributed by atoms with Crippen LogP contribution in [0.5, 0.6) is 23.0 Å². The highest BCUT2D eigenvalue weighted by molar-refractivity contribution is 5.95. The molecule has 0 aliphatic carbocycles. The van der Waals surface area contributed by atoms with Gasteiger partial charge in [-0.15, -0.1) is 0 Å². The first-order valence-electron chi connectivity index (χ1n) is 13.1. The smallest absolute Gasteiger partial charge is 0.161 e. The van der Waals surface area contributed by atoms with Crippen LogP contribution in [-0.2, 0) is 0 Å². The zero-order chi connectivity index (χ0) is 28.4. The van der Waals surface area contributed by atoms with Crippen LogP contribution in [0.4, 0.5) is 0 Å². The molecule has 0 unspecified atom stereocenters. The number of aliphatic hydroxyl groups is 2. The lowest BCUT2D eigenvalue weighted by molar-refractivity contribution is 0.0608. The fourth-order valence-electron chi connectivity index (χ4n) is 4.47. The molecular weight excluding hydrogens is 504 g/mol. The Bertz CT molecular complexity index is 1020. The van der Waals surface area contributed by atoms with E-state index in [0.717, 1.165) is 32.6 Å². The molecule has 1 aliphatic rings. The molecule has 0 bridgehead atoms. The van der Waals surface area contributed by atoms with E-state index in [1.54, 1.807) is 36.4 Å². The first kappa shape index (κ1) is 30.4. The summed E-state index contributed by atoms with van der Waals surface area (Å²) in [7, 11) is 3.02. The van der Waals surface area contributed by atoms with Crippen LogP contribution >= 0.6 is 0 Å². The quantitative estimate of drug-likeness (QED) is 0.343. The van der Waals surface area contributed by atoms with Gasteiger partial charge in [0.25, 0.3) is 0 Å². The van der Waals surface area contributed by atoms with Gasteiger partial charge in [-0.05, 0) is 69.8 Å². The third-order valence-electron chi connectivity index (χ3n) is 6.62. The normalized spacial score (nSPS) is 16.2. The minimum absolute atomic E-state index is 0.0594. The second-order valence-electron chi connectivity index (χ2n) is 9.73. The average molecular weight is 545 g/mol. The number of ketones is 2. The highest BCUT2D eigenvalue weighted by Gasteiger charge is 2.21. The van der Waals surface area contributed by atoms with E-state index in [2.05, 4.69) is 9.80 Å². The summed E-state index contributed by atoms with van der Waals surface area (Å²) in [6, 6.07) is 9.98. The molecule has 39 heavy (non-hydrogen) atoms. The number of carbonyl (C=O) groups is 2. The molecule has 0 saturated carbocycles. The Hall–Kier alpha value is -3.18. The van der Waals surface area contributed by atoms with Crippen molar-refractivity contribution < 1.29 is 38.7 Å². The van der Waals surface area contributed by atoms with Crippen molar-refractivity contribution >= 4 is 11.6 Å². The van der Waals surface area contributed by atoms with E-state index in [0.29, 0.717) is 47.2 Å². The maximum Gasteiger partial charge on any atom is 0.161 e. The maximum atomic E-state index is 11.6. The van der Waals surface area contributed by atoms with E-state index in [-0.39, 0.29) is 24.8 Å². The number of carbonyl (C=O) groups excluding carboxylic acids is 2. The number of aliphatic hydroxyl groups excluding tert-OH is 2. The molecule has 2 N–H and O–H groups in total. The molecule has 0 aromatic heterocycles. The Balaban J connectivity index is 1.42. The number of Topliss-reactive ketones (excluding diaryl/α,β-unsaturated/α-hetero) is 2. The Labute approximate surface area is 230 Å². The zero-order valence-electron chi connectivity index (χ0n) is 23.2. The zero-order valence-corrected chi connectivity index (χ0v) is 23.2. The number of β-amino-alcohol motifs (C(OH)–C–C–N with tert-alkyl or cyclic N) is 2. The molecule has 10 nitrogen and oxygen atoms in total. The fraction of sp³-hybridized carbons (Fsp3) is 0.517. The van der Waals surface area contributed by atoms with E-state index in [4.69, 9.17) is 18.9 Å². The number of methoxy groups -OCH3 is 2. The molecule has 2 aromatic carbocycles. The lowest BCUT2D eigenvalue weighted by Gasteiger charge is -2.25. The third-order valence-corrected chi connectivity index (χ3v) is 6.62. The standard InChI is InChI=1S/C29H40N2O8/c1-20(32)22-6-8-26(28(14-22)36-3)38-18-24(34)16-30-10-5-11-31(13-12-30)17-25(35)19-39-27-9-7-23(21(2)33)15-29(27)37-4/h6-9,14-15,24-25,34-35H,5,10-13,16-19H2,1-4H3/t24-,25-/m0/s1. The van der Waals surface area contributed by atoms with Gasteiger partial charge in [-0.3, -0.25) is 19.4 Å². The summed E-state index contributed by atoms with van der Waals surface area (Å²) >= 11 is 0. The first-order chi connectivity index (χ1) is 18.7. The van der Waals surface area contributed by atoms with Crippen LogP contribution in [0.3, 0.4) is 0 Å². The molecule has 1 aliphatic heterocycles. The Morgan fingerprint density at radius 3 is 1.49 bits per heavy atom. The Morgan fingerprint density at radius 1 is 0.718 bits per heavy atom. The van der Waals surface area contributed by atoms with Crippen molar-refractivity contribution in [3.05, 3.63) is 47.5 Å². The molecule has 1 fully saturated rings. The minimum Gasteiger partial charge on any atom is -0.493 e. The number of hydrogen-bond acceptors (Lipinski definition) is 10. The lowest BCUT2D eigenvalue weighted by Crippen LogP contribution is -2.40. The average Bonchev–Trinajstić information content (AvgIpc) is 3.14. The summed E-state index contributed by atoms with van der Waals surface area (Å²) in [5.74, 6) is 1.75. The van der Waals surface area contributed by atoms with Gasteiger partial charge in [-0.1, -0.05) is 0 Å². The predicted molar refractivity (Wildman–Crippen MR) is 146 cm³/mol. The number of ether oxygens (including phenoxy) is 4. The van der Waals surface area contributed by atoms with Crippen LogP contribution in [0.2, 0.25) is 0 Å². The van der Waals surface area contributed by atoms with Crippen LogP contribution in [0.15, 0.2) is 36.4 Å². The van der Waals surface area contributed by atoms with Gasteiger partial charge >= 0.3 is 0 Å². The van der Waals surface area contributed by atoms with Crippen molar-refractivity contribution in [2.45, 2.75) is 32.5 Å². The van der Waals surface area contributed by atoms with Gasteiger partial charge in [0.2, 0.25) is 0 Å². The molecule has 1 heterocycles. The second-order valence-corrected chi connectivity index (χ2v) is 9.73. The second kappa shape index (κ2) is 14.8. The van der Waals surface area contributed by atoms with Crippen molar-refractivity contribution in [2.75, 3.05) is 66.7 Å². The summed E-state index contributed by atoms with van der Waals surface area (Å²) in [6.07, 6.45) is -0.490. The summed E-state index contributed by atoms with van der Waals surface area (Å²) in [4.78, 5) is 27.6. The third kappa shape index (κ3) is 9.21. The van der Waals surface area contributed by atoms with E-state index < -0.39 is 12.2 Å². The van der Waals surface area contributed by atoms with Crippen LogP contribution in [0, 0.1) is 0 Å². The predicted octanol–water partition coefficient (Wildman–Crippen LogP) is 2.30. The monoisotopic (exact) mass is 544 g/mol. The van der Waals surface area contributed by atoms with Crippen molar-refractivity contribution in [3.63, 3.8) is 0 Å². The van der Waals surface area contributed by atoms with Crippen molar-refractivity contribution in [1.82, 2.24) is 9.80 Å². The van der Waals surface area contributed by atoms with Gasteiger partial charge in [-0.25, -0.2) is 0 Å². The first-order valence-corrected chi connectivity index (χ1v) is 13.1. The summed E-state index contributed by atoms with van der Waals surface area (Å²) in [5.41, 5.74) is 1.07. The van der Waals surface area contributed by atoms with Gasteiger partial charge in [0.05, 0.1) is 14.2 Å². The molecule has 0 spiro atoms. The van der Waals surface area contributed by atoms with E-state index in [9.17, 15) is 19.8 Å². The molecule has 10 heteroatoms. The fourth-order valence-corrected chi connectivity index (χ4v) is 4.47. The molecule has 0 radical (unpaired) electrons. The number of hydrogen-bond donors (Lipinski definition) is 2.